The molecule has 3 heteroatoms. The molecule has 1 aliphatic rings. The lowest BCUT2D eigenvalue weighted by Crippen LogP contribution is -2.54. The molecule has 0 aliphatic carbocycles. The first kappa shape index (κ1) is 23.3. The number of fused-ring (bicyclic) bond motifs is 3. The topological polar surface area (TPSA) is 0 Å². The van der Waals surface area contributed by atoms with Crippen molar-refractivity contribution in [2.24, 2.45) is 0 Å². The van der Waals surface area contributed by atoms with E-state index in [4.69, 9.17) is 0 Å². The van der Waals surface area contributed by atoms with Crippen molar-refractivity contribution in [1.29, 1.82) is 0 Å². The highest BCUT2D eigenvalue weighted by Gasteiger charge is 2.47. The molecule has 162 valence electrons. The van der Waals surface area contributed by atoms with Gasteiger partial charge in [-0.15, -0.1) is 22.7 Å². The second-order valence-electron chi connectivity index (χ2n) is 9.80. The Morgan fingerprint density at radius 1 is 0.655 bits per heavy atom. The van der Waals surface area contributed by atoms with E-state index in [2.05, 4.69) is 76.3 Å². The van der Waals surface area contributed by atoms with Crippen LogP contribution in [-0.4, -0.2) is 8.07 Å². The lowest BCUT2D eigenvalue weighted by molar-refractivity contribution is 0.684. The number of thiophene rings is 2. The highest BCUT2D eigenvalue weighted by molar-refractivity contribution is 7.29. The Hall–Kier alpha value is -0.383. The van der Waals surface area contributed by atoms with E-state index in [-0.39, 0.29) is 0 Å². The van der Waals surface area contributed by atoms with Crippen LogP contribution in [0.25, 0.3) is 9.75 Å². The van der Waals surface area contributed by atoms with Crippen LogP contribution in [0.5, 0.6) is 0 Å². The normalized spacial score (nSPS) is 14.8. The lowest BCUT2D eigenvalue weighted by atomic mass is 10.2. The Morgan fingerprint density at radius 2 is 1.07 bits per heavy atom. The molecule has 0 aromatic carbocycles. The average molecular weight is 447 g/mol. The van der Waals surface area contributed by atoms with Gasteiger partial charge in [-0.3, -0.25) is 0 Å². The average Bonchev–Trinajstić information content (AvgIpc) is 3.36. The maximum atomic E-state index is 2.68. The summed E-state index contributed by atoms with van der Waals surface area (Å²) in [5.41, 5.74) is 0. The highest BCUT2D eigenvalue weighted by atomic mass is 32.1. The van der Waals surface area contributed by atoms with Gasteiger partial charge in [-0.25, -0.2) is 0 Å². The number of hydrogen-bond acceptors (Lipinski definition) is 2. The molecule has 0 N–H and O–H groups in total. The predicted octanol–water partition coefficient (Wildman–Crippen LogP) is 8.76. The molecule has 0 nitrogen and oxygen atoms in total. The third-order valence-corrected chi connectivity index (χ3v) is 15.5. The van der Waals surface area contributed by atoms with Crippen LogP contribution in [0.4, 0.5) is 0 Å². The zero-order valence-corrected chi connectivity index (χ0v) is 22.3. The summed E-state index contributed by atoms with van der Waals surface area (Å²) in [6.07, 6.45) is 11.2. The van der Waals surface area contributed by atoms with E-state index in [1.165, 1.54) is 63.5 Å². The molecule has 1 aliphatic heterocycles. The highest BCUT2D eigenvalue weighted by Crippen LogP contribution is 2.45. The largest absolute Gasteiger partial charge is 0.139 e. The molecule has 0 saturated carbocycles. The summed E-state index contributed by atoms with van der Waals surface area (Å²) in [5.74, 6) is 1.32. The Kier molecular flexibility index (Phi) is 8.26. The fourth-order valence-corrected chi connectivity index (χ4v) is 14.4. The first-order chi connectivity index (χ1) is 13.9. The minimum atomic E-state index is -1.60. The maximum absolute atomic E-state index is 2.68. The first-order valence-corrected chi connectivity index (χ1v) is 16.3. The Morgan fingerprint density at radius 3 is 1.41 bits per heavy atom. The van der Waals surface area contributed by atoms with Crippen molar-refractivity contribution in [1.82, 2.24) is 0 Å². The zero-order chi connectivity index (χ0) is 21.0. The SMILES string of the molecule is CCCCCC[Si]1(CCCCCC)c2cc(C(C)C)sc2-c2sc(C(C)C)cc21. The molecule has 0 amide bonds. The fourth-order valence-electron chi connectivity index (χ4n) is 4.95. The summed E-state index contributed by atoms with van der Waals surface area (Å²) in [7, 11) is -1.60. The van der Waals surface area contributed by atoms with Crippen molar-refractivity contribution in [3.05, 3.63) is 21.9 Å². The molecule has 0 spiro atoms. The molecular formula is C26H42S2Si. The molecule has 2 aromatic rings. The van der Waals surface area contributed by atoms with E-state index in [1.807, 2.05) is 10.4 Å². The summed E-state index contributed by atoms with van der Waals surface area (Å²) in [6.45, 7) is 14.2. The third kappa shape index (κ3) is 4.77. The lowest BCUT2D eigenvalue weighted by Gasteiger charge is -2.29. The van der Waals surface area contributed by atoms with Crippen LogP contribution in [0, 0.1) is 0 Å². The molecule has 0 atom stereocenters. The van der Waals surface area contributed by atoms with E-state index in [9.17, 15) is 0 Å². The van der Waals surface area contributed by atoms with Gasteiger partial charge in [0.1, 0.15) is 8.07 Å². The Labute approximate surface area is 189 Å². The Bertz CT molecular complexity index is 714. The van der Waals surface area contributed by atoms with Gasteiger partial charge in [0, 0.05) is 19.5 Å². The second-order valence-corrected chi connectivity index (χ2v) is 16.2. The van der Waals surface area contributed by atoms with Gasteiger partial charge in [0.25, 0.3) is 0 Å². The molecule has 0 bridgehead atoms. The van der Waals surface area contributed by atoms with Crippen molar-refractivity contribution in [3.63, 3.8) is 0 Å². The van der Waals surface area contributed by atoms with Crippen LogP contribution in [0.3, 0.4) is 0 Å². The molecule has 29 heavy (non-hydrogen) atoms. The zero-order valence-electron chi connectivity index (χ0n) is 19.7. The summed E-state index contributed by atoms with van der Waals surface area (Å²) in [6, 6.07) is 8.33. The number of rotatable bonds is 12. The third-order valence-electron chi connectivity index (χ3n) is 6.79. The summed E-state index contributed by atoms with van der Waals surface area (Å²) >= 11 is 4.27. The van der Waals surface area contributed by atoms with Gasteiger partial charge in [-0.2, -0.15) is 0 Å². The predicted molar refractivity (Wildman–Crippen MR) is 139 cm³/mol. The van der Waals surface area contributed by atoms with Crippen molar-refractivity contribution >= 4 is 41.1 Å². The van der Waals surface area contributed by atoms with Crippen molar-refractivity contribution in [2.75, 3.05) is 0 Å². The van der Waals surface area contributed by atoms with Crippen molar-refractivity contribution < 1.29 is 0 Å². The van der Waals surface area contributed by atoms with Gasteiger partial charge in [0.15, 0.2) is 0 Å². The van der Waals surface area contributed by atoms with E-state index in [1.54, 1.807) is 19.5 Å². The molecule has 2 aromatic heterocycles. The van der Waals surface area contributed by atoms with Gasteiger partial charge < -0.3 is 0 Å². The quantitative estimate of drug-likeness (QED) is 0.226. The van der Waals surface area contributed by atoms with Gasteiger partial charge in [0.2, 0.25) is 0 Å². The van der Waals surface area contributed by atoms with Gasteiger partial charge in [-0.1, -0.05) is 92.9 Å². The maximum Gasteiger partial charge on any atom is 0.122 e. The summed E-state index contributed by atoms with van der Waals surface area (Å²) in [4.78, 5) is 6.63. The minimum absolute atomic E-state index is 0.658. The molecular weight excluding hydrogens is 405 g/mol. The van der Waals surface area contributed by atoms with Crippen LogP contribution in [0.15, 0.2) is 12.1 Å². The van der Waals surface area contributed by atoms with Crippen LogP contribution in [-0.2, 0) is 0 Å². The van der Waals surface area contributed by atoms with Crippen LogP contribution >= 0.6 is 22.7 Å². The van der Waals surface area contributed by atoms with Gasteiger partial charge in [0.05, 0.1) is 0 Å². The molecule has 3 heterocycles. The van der Waals surface area contributed by atoms with E-state index in [0.29, 0.717) is 11.8 Å². The van der Waals surface area contributed by atoms with Crippen LogP contribution < -0.4 is 10.4 Å². The summed E-state index contributed by atoms with van der Waals surface area (Å²) in [5, 5.41) is 3.69. The Balaban J connectivity index is 2.03. The van der Waals surface area contributed by atoms with Gasteiger partial charge in [-0.05, 0) is 46.4 Å². The molecule has 0 radical (unpaired) electrons. The van der Waals surface area contributed by atoms with Crippen LogP contribution in [0.1, 0.15) is 114 Å². The van der Waals surface area contributed by atoms with Crippen molar-refractivity contribution in [2.45, 2.75) is 117 Å². The molecule has 3 rings (SSSR count). The number of unbranched alkanes of at least 4 members (excludes halogenated alkanes) is 6. The standard InChI is InChI=1S/C26H42S2Si/c1-7-9-11-13-15-29(16-14-12-10-8-2)23-17-21(19(3)4)27-25(23)26-24(29)18-22(28-26)20(5)6/h17-20H,7-16H2,1-6H3. The summed E-state index contributed by atoms with van der Waals surface area (Å²) < 4.78 is 0. The smallest absolute Gasteiger partial charge is 0.122 e. The van der Waals surface area contributed by atoms with E-state index < -0.39 is 8.07 Å². The molecule has 0 fully saturated rings. The van der Waals surface area contributed by atoms with Crippen molar-refractivity contribution in [3.8, 4) is 9.75 Å². The molecule has 0 unspecified atom stereocenters. The fraction of sp³-hybridized carbons (Fsp3) is 0.692. The minimum Gasteiger partial charge on any atom is -0.139 e. The van der Waals surface area contributed by atoms with Crippen LogP contribution in [0.2, 0.25) is 12.1 Å². The first-order valence-electron chi connectivity index (χ1n) is 12.2. The monoisotopic (exact) mass is 446 g/mol. The second kappa shape index (κ2) is 10.3. The molecule has 0 saturated heterocycles. The van der Waals surface area contributed by atoms with Gasteiger partial charge >= 0.3 is 0 Å². The number of hydrogen-bond donors (Lipinski definition) is 0. The van der Waals surface area contributed by atoms with E-state index >= 15 is 0 Å². The van der Waals surface area contributed by atoms with E-state index in [0.717, 1.165) is 0 Å².